The molecular weight excluding hydrogens is 887 g/mol. The normalized spacial score (nSPS) is 8.28. The zero-order valence-electron chi connectivity index (χ0n) is 31.7. The van der Waals surface area contributed by atoms with E-state index in [1.807, 2.05) is 0 Å². The van der Waals surface area contributed by atoms with Crippen molar-refractivity contribution < 1.29 is 148 Å². The van der Waals surface area contributed by atoms with E-state index in [4.69, 9.17) is 0 Å². The Morgan fingerprint density at radius 1 is 0.224 bits per heavy atom. The summed E-state index contributed by atoms with van der Waals surface area (Å²) in [5, 5.41) is 60.5. The van der Waals surface area contributed by atoms with Gasteiger partial charge in [0.2, 0.25) is 0 Å². The fraction of sp³-hybridized carbons (Fsp3) is 0. The van der Waals surface area contributed by atoms with Crippen molar-refractivity contribution in [2.75, 3.05) is 0 Å². The van der Waals surface area contributed by atoms with Crippen LogP contribution in [0, 0.1) is 0 Å². The van der Waals surface area contributed by atoms with Gasteiger partial charge in [-0.05, 0) is 33.4 Å². The number of rotatable bonds is 6. The van der Waals surface area contributed by atoms with Gasteiger partial charge in [-0.3, -0.25) is 0 Å². The average molecular weight is 917 g/mol. The molecule has 0 saturated heterocycles. The summed E-state index contributed by atoms with van der Waals surface area (Å²) in [6.07, 6.45) is 0. The summed E-state index contributed by atoms with van der Waals surface area (Å²) in [7, 11) is 0. The average Bonchev–Trinajstić information content (AvgIpc) is 3.21. The van der Waals surface area contributed by atoms with Gasteiger partial charge in [-0.15, -0.1) is 0 Å². The summed E-state index contributed by atoms with van der Waals surface area (Å²) in [6.45, 7) is 0. The van der Waals surface area contributed by atoms with Crippen LogP contribution < -0.4 is 119 Å². The number of carboxylic acid groups (broad SMARTS) is 6. The first-order valence-electron chi connectivity index (χ1n) is 15.4. The van der Waals surface area contributed by atoms with Crippen LogP contribution in [0.25, 0.3) is 0 Å². The molecule has 0 unspecified atom stereocenters. The summed E-state index contributed by atoms with van der Waals surface area (Å²) in [5.74, 6) is -6.77. The van der Waals surface area contributed by atoms with E-state index in [1.165, 1.54) is 72.8 Å². The Hall–Kier alpha value is -4.04. The summed E-state index contributed by atoms with van der Waals surface area (Å²) < 4.78 is 0. The molecule has 58 heavy (non-hydrogen) atoms. The fourth-order valence-corrected chi connectivity index (χ4v) is 3.45. The van der Waals surface area contributed by atoms with Crippen LogP contribution in [0.4, 0.5) is 0 Å². The van der Waals surface area contributed by atoms with Crippen molar-refractivity contribution in [1.29, 1.82) is 0 Å². The number of aromatic carboxylic acids is 6. The van der Waals surface area contributed by atoms with E-state index >= 15 is 0 Å². The van der Waals surface area contributed by atoms with Gasteiger partial charge in [-0.25, -0.2) is 0 Å². The third-order valence-corrected chi connectivity index (χ3v) is 6.06. The second-order valence-corrected chi connectivity index (χ2v) is 9.92. The topological polar surface area (TPSA) is 241 Å². The summed E-state index contributed by atoms with van der Waals surface area (Å²) in [4.78, 5) is 60.5. The first-order valence-corrected chi connectivity index (χ1v) is 15.4. The van der Waals surface area contributed by atoms with E-state index in [9.17, 15) is 59.4 Å². The second-order valence-electron chi connectivity index (χ2n) is 9.92. The maximum Gasteiger partial charge on any atom is 3.00 e. The predicted octanol–water partition coefficient (Wildman–Crippen LogP) is -9.07. The van der Waals surface area contributed by atoms with E-state index in [1.54, 1.807) is 109 Å². The molecule has 6 aromatic rings. The van der Waals surface area contributed by atoms with Gasteiger partial charge in [0.15, 0.2) is 0 Å². The standard InChI is InChI=1S/6C7H6O2.3Na.Sb/c6*8-7(9)6-4-2-1-3-5-6;;;;/h6*1-5H,(H,8,9);;;;/q;;;;;;3*+1;+3/p-6. The first-order chi connectivity index (χ1) is 25.8. The van der Waals surface area contributed by atoms with Crippen molar-refractivity contribution >= 4 is 60.2 Å². The molecule has 2 radical (unpaired) electrons. The minimum Gasteiger partial charge on any atom is -0.545 e. The Kier molecular flexibility index (Phi) is 38.9. The van der Waals surface area contributed by atoms with Gasteiger partial charge < -0.3 is 59.4 Å². The van der Waals surface area contributed by atoms with Gasteiger partial charge in [0.05, 0.1) is 35.8 Å². The Balaban J connectivity index is -0.000000298. The fourth-order valence-electron chi connectivity index (χ4n) is 3.45. The molecule has 12 nitrogen and oxygen atoms in total. The van der Waals surface area contributed by atoms with Gasteiger partial charge in [-0.2, -0.15) is 0 Å². The molecule has 0 N–H and O–H groups in total. The summed E-state index contributed by atoms with van der Waals surface area (Å²) in [6, 6.07) is 48.4. The molecule has 6 rings (SSSR count). The zero-order valence-corrected chi connectivity index (χ0v) is 40.2. The van der Waals surface area contributed by atoms with E-state index in [-0.39, 0.29) is 146 Å². The molecule has 0 aromatic heterocycles. The van der Waals surface area contributed by atoms with E-state index in [0.29, 0.717) is 0 Å². The third-order valence-electron chi connectivity index (χ3n) is 6.06. The SMILES string of the molecule is O=C([O-])c1ccccc1.O=C([O-])c1ccccc1.O=C([O-])c1ccccc1.O=C([O-])c1ccccc1.O=C([O-])c1ccccc1.O=C([O-])c1ccccc1.[Na+].[Na+].[Na+].[Sb+3]. The zero-order chi connectivity index (χ0) is 40.1. The Morgan fingerprint density at radius 3 is 0.362 bits per heavy atom. The molecule has 0 bridgehead atoms. The van der Waals surface area contributed by atoms with Crippen LogP contribution in [0.1, 0.15) is 62.1 Å². The molecule has 0 fully saturated rings. The number of carbonyl (C=O) groups excluding carboxylic acids is 6. The van der Waals surface area contributed by atoms with Gasteiger partial charge in [0.25, 0.3) is 0 Å². The van der Waals surface area contributed by atoms with Crippen molar-refractivity contribution in [2.24, 2.45) is 0 Å². The Morgan fingerprint density at radius 2 is 0.310 bits per heavy atom. The minimum atomic E-state index is -1.13. The van der Waals surface area contributed by atoms with E-state index in [2.05, 4.69) is 0 Å². The molecule has 0 aliphatic heterocycles. The van der Waals surface area contributed by atoms with Crippen molar-refractivity contribution in [3.8, 4) is 0 Å². The molecule has 0 aliphatic rings. The van der Waals surface area contributed by atoms with Gasteiger partial charge in [0, 0.05) is 0 Å². The number of carboxylic acids is 6. The summed E-state index contributed by atoms with van der Waals surface area (Å²) >= 11 is 0. The summed E-state index contributed by atoms with van der Waals surface area (Å²) in [5.41, 5.74) is 1.32. The molecule has 0 spiro atoms. The van der Waals surface area contributed by atoms with Crippen LogP contribution >= 0.6 is 0 Å². The third kappa shape index (κ3) is 29.2. The van der Waals surface area contributed by atoms with Crippen LogP contribution in [0.2, 0.25) is 0 Å². The molecule has 278 valence electrons. The number of hydrogen-bond donors (Lipinski definition) is 0. The second kappa shape index (κ2) is 37.2. The maximum absolute atomic E-state index is 10.1. The van der Waals surface area contributed by atoms with Crippen LogP contribution in [-0.4, -0.2) is 60.2 Å². The predicted molar refractivity (Wildman–Crippen MR) is 190 cm³/mol. The van der Waals surface area contributed by atoms with Gasteiger partial charge in [0.1, 0.15) is 0 Å². The molecule has 0 heterocycles. The van der Waals surface area contributed by atoms with Crippen molar-refractivity contribution in [2.45, 2.75) is 0 Å². The quantitative estimate of drug-likeness (QED) is 0.142. The monoisotopic (exact) mass is 916 g/mol. The molecule has 6 aromatic carbocycles. The molecule has 0 amide bonds. The molecule has 16 heteroatoms. The van der Waals surface area contributed by atoms with Crippen LogP contribution in [0.5, 0.6) is 0 Å². The molecule has 0 aliphatic carbocycles. The first kappa shape index (κ1) is 60.6. The molecular formula is C42H30Na3O12Sb. The van der Waals surface area contributed by atoms with Crippen molar-refractivity contribution in [3.05, 3.63) is 215 Å². The van der Waals surface area contributed by atoms with Crippen LogP contribution in [0.15, 0.2) is 182 Å². The Labute approximate surface area is 418 Å². The smallest absolute Gasteiger partial charge is 0.545 e. The van der Waals surface area contributed by atoms with Crippen LogP contribution in [-0.2, 0) is 0 Å². The number of benzene rings is 6. The van der Waals surface area contributed by atoms with Gasteiger partial charge >= 0.3 is 113 Å². The van der Waals surface area contributed by atoms with E-state index < -0.39 is 35.8 Å². The maximum atomic E-state index is 10.1. The number of hydrogen-bond acceptors (Lipinski definition) is 12. The number of carbonyl (C=O) groups is 6. The molecule has 0 saturated carbocycles. The minimum absolute atomic E-state index is 0. The molecule has 0 atom stereocenters. The Bertz CT molecular complexity index is 1630. The van der Waals surface area contributed by atoms with Crippen LogP contribution in [0.3, 0.4) is 0 Å². The van der Waals surface area contributed by atoms with Crippen molar-refractivity contribution in [3.63, 3.8) is 0 Å². The van der Waals surface area contributed by atoms with Crippen molar-refractivity contribution in [1.82, 2.24) is 0 Å². The van der Waals surface area contributed by atoms with E-state index in [0.717, 1.165) is 0 Å². The van der Waals surface area contributed by atoms with Gasteiger partial charge in [-0.1, -0.05) is 182 Å². The largest absolute Gasteiger partial charge is 3.00 e.